The zero-order valence-corrected chi connectivity index (χ0v) is 12.3. The number of rotatable bonds is 13. The fourth-order valence-corrected chi connectivity index (χ4v) is 1.70. The number of unbranched alkanes of at least 4 members (excludes halogenated alkanes) is 4. The fraction of sp³-hybridized carbons (Fsp3) is 0.857. The van der Waals surface area contributed by atoms with Gasteiger partial charge in [-0.25, -0.2) is 9.59 Å². The predicted molar refractivity (Wildman–Crippen MR) is 73.8 cm³/mol. The first kappa shape index (κ1) is 18.9. The highest BCUT2D eigenvalue weighted by Gasteiger charge is 2.35. The van der Waals surface area contributed by atoms with Crippen LogP contribution in [0.3, 0.4) is 0 Å². The molecule has 0 amide bonds. The van der Waals surface area contributed by atoms with E-state index < -0.39 is 24.1 Å². The van der Waals surface area contributed by atoms with Crippen molar-refractivity contribution in [3.63, 3.8) is 0 Å². The summed E-state index contributed by atoms with van der Waals surface area (Å²) in [6.07, 6.45) is 2.32. The first-order valence-electron chi connectivity index (χ1n) is 7.23. The average Bonchev–Trinajstić information content (AvgIpc) is 2.39. The fourth-order valence-electron chi connectivity index (χ4n) is 1.70. The highest BCUT2D eigenvalue weighted by molar-refractivity contribution is 5.83. The van der Waals surface area contributed by atoms with Gasteiger partial charge in [0.15, 0.2) is 12.2 Å². The molecule has 0 aliphatic rings. The van der Waals surface area contributed by atoms with Crippen LogP contribution in [0.5, 0.6) is 0 Å². The van der Waals surface area contributed by atoms with E-state index in [-0.39, 0.29) is 13.2 Å². The van der Waals surface area contributed by atoms with Crippen molar-refractivity contribution in [1.29, 1.82) is 0 Å². The molecule has 0 aromatic rings. The lowest BCUT2D eigenvalue weighted by atomic mass is 10.2. The minimum atomic E-state index is -1.45. The number of carbonyl (C=O) groups is 2. The minimum Gasteiger partial charge on any atom is -0.479 e. The molecule has 118 valence electrons. The molecule has 0 saturated heterocycles. The molecule has 2 atom stereocenters. The zero-order chi connectivity index (χ0) is 15.4. The van der Waals surface area contributed by atoms with Crippen LogP contribution < -0.4 is 0 Å². The first-order valence-corrected chi connectivity index (χ1v) is 7.23. The maximum absolute atomic E-state index is 11.1. The van der Waals surface area contributed by atoms with Gasteiger partial charge in [-0.3, -0.25) is 0 Å². The molecule has 6 heteroatoms. The van der Waals surface area contributed by atoms with E-state index in [1.165, 1.54) is 0 Å². The molecule has 6 nitrogen and oxygen atoms in total. The molecule has 0 bridgehead atoms. The summed E-state index contributed by atoms with van der Waals surface area (Å²) in [5, 5.41) is 18.2. The molecular weight excluding hydrogens is 264 g/mol. The monoisotopic (exact) mass is 290 g/mol. The van der Waals surface area contributed by atoms with Gasteiger partial charge in [-0.15, -0.1) is 0 Å². The van der Waals surface area contributed by atoms with Crippen LogP contribution >= 0.6 is 0 Å². The Hall–Kier alpha value is -1.14. The second-order valence-corrected chi connectivity index (χ2v) is 4.67. The van der Waals surface area contributed by atoms with Crippen LogP contribution in [0.1, 0.15) is 52.4 Å². The lowest BCUT2D eigenvalue weighted by molar-refractivity contribution is -0.176. The number of ether oxygens (including phenoxy) is 2. The van der Waals surface area contributed by atoms with Crippen molar-refractivity contribution >= 4 is 11.9 Å². The highest BCUT2D eigenvalue weighted by atomic mass is 16.6. The Bertz CT molecular complexity index is 251. The molecule has 2 N–H and O–H groups in total. The van der Waals surface area contributed by atoms with Gasteiger partial charge in [0, 0.05) is 13.2 Å². The van der Waals surface area contributed by atoms with Crippen molar-refractivity contribution in [1.82, 2.24) is 0 Å². The second-order valence-electron chi connectivity index (χ2n) is 4.67. The van der Waals surface area contributed by atoms with Crippen LogP contribution in [-0.2, 0) is 19.1 Å². The number of carboxylic acid groups (broad SMARTS) is 2. The molecule has 0 saturated carbocycles. The van der Waals surface area contributed by atoms with E-state index in [0.29, 0.717) is 12.8 Å². The lowest BCUT2D eigenvalue weighted by Gasteiger charge is -2.21. The summed E-state index contributed by atoms with van der Waals surface area (Å²) in [6.45, 7) is 4.50. The Morgan fingerprint density at radius 2 is 1.15 bits per heavy atom. The second kappa shape index (κ2) is 11.7. The Kier molecular flexibility index (Phi) is 11.0. The minimum absolute atomic E-state index is 0.229. The van der Waals surface area contributed by atoms with Crippen LogP contribution in [0.2, 0.25) is 0 Å². The molecule has 0 fully saturated rings. The van der Waals surface area contributed by atoms with Gasteiger partial charge in [0.2, 0.25) is 0 Å². The van der Waals surface area contributed by atoms with Crippen LogP contribution in [0.25, 0.3) is 0 Å². The van der Waals surface area contributed by atoms with Gasteiger partial charge in [0.25, 0.3) is 0 Å². The maximum atomic E-state index is 11.1. The summed E-state index contributed by atoms with van der Waals surface area (Å²) >= 11 is 0. The van der Waals surface area contributed by atoms with E-state index in [2.05, 4.69) is 0 Å². The summed E-state index contributed by atoms with van der Waals surface area (Å²) in [4.78, 5) is 22.3. The summed E-state index contributed by atoms with van der Waals surface area (Å²) in [7, 11) is 0. The third-order valence-electron chi connectivity index (χ3n) is 2.85. The number of aliphatic carboxylic acids is 2. The molecule has 20 heavy (non-hydrogen) atoms. The van der Waals surface area contributed by atoms with E-state index in [1.54, 1.807) is 0 Å². The zero-order valence-electron chi connectivity index (χ0n) is 12.3. The van der Waals surface area contributed by atoms with Gasteiger partial charge >= 0.3 is 11.9 Å². The predicted octanol–water partition coefficient (Wildman–Crippen LogP) is 2.31. The largest absolute Gasteiger partial charge is 0.479 e. The van der Waals surface area contributed by atoms with E-state index >= 15 is 0 Å². The molecular formula is C14H26O6. The summed E-state index contributed by atoms with van der Waals surface area (Å²) < 4.78 is 10.4. The Labute approximate surface area is 120 Å². The van der Waals surface area contributed by atoms with E-state index in [9.17, 15) is 9.59 Å². The van der Waals surface area contributed by atoms with Gasteiger partial charge in [-0.05, 0) is 12.8 Å². The number of hydrogen-bond acceptors (Lipinski definition) is 4. The van der Waals surface area contributed by atoms with Crippen molar-refractivity contribution in [2.75, 3.05) is 13.2 Å². The topological polar surface area (TPSA) is 93.1 Å². The Morgan fingerprint density at radius 3 is 1.40 bits per heavy atom. The van der Waals surface area contributed by atoms with Crippen LogP contribution in [-0.4, -0.2) is 47.6 Å². The van der Waals surface area contributed by atoms with E-state index in [4.69, 9.17) is 19.7 Å². The molecule has 0 aromatic heterocycles. The van der Waals surface area contributed by atoms with Crippen molar-refractivity contribution in [3.8, 4) is 0 Å². The van der Waals surface area contributed by atoms with Gasteiger partial charge < -0.3 is 19.7 Å². The molecule has 0 aromatic carbocycles. The average molecular weight is 290 g/mol. The summed E-state index contributed by atoms with van der Waals surface area (Å²) in [5.74, 6) is -2.60. The standard InChI is InChI=1S/C14H26O6/c1-3-5-7-9-19-11(13(15)16)12(14(17)18)20-10-8-6-4-2/h11-12H,3-10H2,1-2H3,(H,15,16)(H,17,18). The van der Waals surface area contributed by atoms with E-state index in [0.717, 1.165) is 25.7 Å². The van der Waals surface area contributed by atoms with Crippen molar-refractivity contribution in [2.45, 2.75) is 64.6 Å². The number of hydrogen-bond donors (Lipinski definition) is 2. The summed E-state index contributed by atoms with van der Waals surface area (Å²) in [5.41, 5.74) is 0. The van der Waals surface area contributed by atoms with Crippen LogP contribution in [0, 0.1) is 0 Å². The Balaban J connectivity index is 4.37. The van der Waals surface area contributed by atoms with Crippen molar-refractivity contribution in [2.24, 2.45) is 0 Å². The molecule has 0 spiro atoms. The first-order chi connectivity index (χ1) is 9.54. The highest BCUT2D eigenvalue weighted by Crippen LogP contribution is 2.09. The third kappa shape index (κ3) is 8.12. The molecule has 2 unspecified atom stereocenters. The quantitative estimate of drug-likeness (QED) is 0.506. The van der Waals surface area contributed by atoms with E-state index in [1.807, 2.05) is 13.8 Å². The molecule has 0 heterocycles. The van der Waals surface area contributed by atoms with Crippen molar-refractivity contribution in [3.05, 3.63) is 0 Å². The SMILES string of the molecule is CCCCCOC(C(=O)O)C(OCCCCC)C(=O)O. The van der Waals surface area contributed by atoms with Gasteiger partial charge in [0.05, 0.1) is 0 Å². The van der Waals surface area contributed by atoms with Crippen molar-refractivity contribution < 1.29 is 29.3 Å². The lowest BCUT2D eigenvalue weighted by Crippen LogP contribution is -2.44. The van der Waals surface area contributed by atoms with Gasteiger partial charge in [-0.2, -0.15) is 0 Å². The van der Waals surface area contributed by atoms with Crippen LogP contribution in [0.15, 0.2) is 0 Å². The summed E-state index contributed by atoms with van der Waals surface area (Å²) in [6, 6.07) is 0. The Morgan fingerprint density at radius 1 is 0.800 bits per heavy atom. The maximum Gasteiger partial charge on any atom is 0.336 e. The van der Waals surface area contributed by atoms with Gasteiger partial charge in [0.1, 0.15) is 0 Å². The smallest absolute Gasteiger partial charge is 0.336 e. The normalized spacial score (nSPS) is 13.9. The number of carboxylic acids is 2. The molecule has 0 aliphatic heterocycles. The molecule has 0 radical (unpaired) electrons. The third-order valence-corrected chi connectivity index (χ3v) is 2.85. The van der Waals surface area contributed by atoms with Crippen LogP contribution in [0.4, 0.5) is 0 Å². The molecule has 0 aliphatic carbocycles. The molecule has 0 rings (SSSR count). The van der Waals surface area contributed by atoms with Gasteiger partial charge in [-0.1, -0.05) is 39.5 Å².